The molecule has 9 nitrogen and oxygen atoms in total. The van der Waals surface area contributed by atoms with Crippen molar-refractivity contribution < 1.29 is 29.0 Å². The molecule has 4 aromatic carbocycles. The summed E-state index contributed by atoms with van der Waals surface area (Å²) < 4.78 is 9.48. The van der Waals surface area contributed by atoms with Crippen LogP contribution in [0.15, 0.2) is 89.1 Å². The lowest BCUT2D eigenvalue weighted by atomic mass is 10.0. The Labute approximate surface area is 206 Å². The highest BCUT2D eigenvalue weighted by molar-refractivity contribution is 6.11. The number of amides is 1. The molecule has 2 N–H and O–H groups in total. The van der Waals surface area contributed by atoms with Gasteiger partial charge in [-0.15, -0.1) is 5.11 Å². The summed E-state index contributed by atoms with van der Waals surface area (Å²) in [6.45, 7) is 0. The Bertz CT molecular complexity index is 1460. The Hall–Kier alpha value is -5.05. The van der Waals surface area contributed by atoms with Gasteiger partial charge in [0.25, 0.3) is 5.91 Å². The van der Waals surface area contributed by atoms with Gasteiger partial charge in [-0.25, -0.2) is 9.59 Å². The van der Waals surface area contributed by atoms with Crippen molar-refractivity contribution in [3.8, 4) is 5.75 Å². The molecular weight excluding hydrogens is 462 g/mol. The summed E-state index contributed by atoms with van der Waals surface area (Å²) in [4.78, 5) is 37.1. The minimum atomic E-state index is -0.676. The van der Waals surface area contributed by atoms with Crippen molar-refractivity contribution in [2.24, 2.45) is 10.2 Å². The van der Waals surface area contributed by atoms with Gasteiger partial charge in [0.05, 0.1) is 36.6 Å². The molecule has 0 spiro atoms. The van der Waals surface area contributed by atoms with E-state index in [-0.39, 0.29) is 33.8 Å². The van der Waals surface area contributed by atoms with E-state index >= 15 is 0 Å². The number of phenols is 1. The smallest absolute Gasteiger partial charge is 0.337 e. The molecule has 36 heavy (non-hydrogen) atoms. The van der Waals surface area contributed by atoms with Crippen LogP contribution in [0.5, 0.6) is 5.75 Å². The normalized spacial score (nSPS) is 10.8. The number of esters is 2. The predicted molar refractivity (Wildman–Crippen MR) is 133 cm³/mol. The van der Waals surface area contributed by atoms with Gasteiger partial charge >= 0.3 is 11.9 Å². The Morgan fingerprint density at radius 2 is 1.39 bits per heavy atom. The summed E-state index contributed by atoms with van der Waals surface area (Å²) in [7, 11) is 2.43. The maximum absolute atomic E-state index is 13.0. The van der Waals surface area contributed by atoms with Crippen LogP contribution in [0.4, 0.5) is 17.1 Å². The maximum atomic E-state index is 13.0. The molecule has 0 radical (unpaired) electrons. The highest BCUT2D eigenvalue weighted by Crippen LogP contribution is 2.39. The molecule has 0 aromatic heterocycles. The second-order valence-electron chi connectivity index (χ2n) is 7.61. The van der Waals surface area contributed by atoms with Crippen molar-refractivity contribution in [3.63, 3.8) is 0 Å². The molecule has 4 rings (SSSR count). The van der Waals surface area contributed by atoms with E-state index in [0.717, 1.165) is 0 Å². The van der Waals surface area contributed by atoms with Gasteiger partial charge in [0.15, 0.2) is 5.75 Å². The van der Waals surface area contributed by atoms with Gasteiger partial charge in [0, 0.05) is 11.1 Å². The lowest BCUT2D eigenvalue weighted by Crippen LogP contribution is -2.12. The van der Waals surface area contributed by atoms with Crippen molar-refractivity contribution in [2.45, 2.75) is 0 Å². The van der Waals surface area contributed by atoms with Crippen LogP contribution in [0.1, 0.15) is 31.1 Å². The molecule has 4 aromatic rings. The standard InChI is InChI=1S/C27H21N3O6/c1-35-26(33)17-12-18(27(34)36-2)14-20(13-17)29-30-23-21-11-7-6-8-16(21)15-22(24(23)31)25(32)28-19-9-4-3-5-10-19/h3-15,31H,1-2H3,(H,28,32). The van der Waals surface area contributed by atoms with Gasteiger partial charge < -0.3 is 19.9 Å². The van der Waals surface area contributed by atoms with Crippen LogP contribution in [-0.2, 0) is 9.47 Å². The van der Waals surface area contributed by atoms with E-state index in [1.54, 1.807) is 54.6 Å². The number of nitrogens with one attached hydrogen (secondary N) is 1. The third kappa shape index (κ3) is 5.05. The fourth-order valence-corrected chi connectivity index (χ4v) is 3.56. The zero-order valence-electron chi connectivity index (χ0n) is 19.4. The summed E-state index contributed by atoms with van der Waals surface area (Å²) in [6.07, 6.45) is 0. The van der Waals surface area contributed by atoms with Crippen LogP contribution in [0.25, 0.3) is 10.8 Å². The van der Waals surface area contributed by atoms with E-state index in [1.807, 2.05) is 6.07 Å². The van der Waals surface area contributed by atoms with Crippen molar-refractivity contribution in [1.82, 2.24) is 0 Å². The molecule has 180 valence electrons. The molecular formula is C27H21N3O6. The summed E-state index contributed by atoms with van der Waals surface area (Å²) in [5, 5.41) is 23.3. The van der Waals surface area contributed by atoms with Crippen LogP contribution in [0, 0.1) is 0 Å². The van der Waals surface area contributed by atoms with E-state index in [0.29, 0.717) is 16.5 Å². The van der Waals surface area contributed by atoms with Crippen molar-refractivity contribution in [3.05, 3.63) is 95.6 Å². The molecule has 0 saturated carbocycles. The highest BCUT2D eigenvalue weighted by Gasteiger charge is 2.19. The number of rotatable bonds is 6. The number of ether oxygens (including phenoxy) is 2. The van der Waals surface area contributed by atoms with Gasteiger partial charge in [-0.1, -0.05) is 42.5 Å². The van der Waals surface area contributed by atoms with Crippen LogP contribution in [0.2, 0.25) is 0 Å². The number of aromatic hydroxyl groups is 1. The number of azo groups is 1. The van der Waals surface area contributed by atoms with Crippen molar-refractivity contribution in [1.29, 1.82) is 0 Å². The first-order chi connectivity index (χ1) is 17.4. The maximum Gasteiger partial charge on any atom is 0.337 e. The van der Waals surface area contributed by atoms with Crippen LogP contribution < -0.4 is 5.32 Å². The number of hydrogen-bond acceptors (Lipinski definition) is 8. The minimum absolute atomic E-state index is 0.00469. The average Bonchev–Trinajstić information content (AvgIpc) is 2.91. The van der Waals surface area contributed by atoms with Gasteiger partial charge in [0.1, 0.15) is 5.69 Å². The molecule has 0 saturated heterocycles. The second kappa shape index (κ2) is 10.5. The lowest BCUT2D eigenvalue weighted by Gasteiger charge is -2.11. The summed E-state index contributed by atoms with van der Waals surface area (Å²) in [5.41, 5.74) is 0.896. The van der Waals surface area contributed by atoms with E-state index in [9.17, 15) is 19.5 Å². The predicted octanol–water partition coefficient (Wildman–Crippen LogP) is 5.79. The summed E-state index contributed by atoms with van der Waals surface area (Å²) >= 11 is 0. The number of phenolic OH excluding ortho intramolecular Hbond substituents is 1. The Kier molecular flexibility index (Phi) is 7.01. The van der Waals surface area contributed by atoms with E-state index in [4.69, 9.17) is 9.47 Å². The number of fused-ring (bicyclic) bond motifs is 1. The summed E-state index contributed by atoms with van der Waals surface area (Å²) in [5.74, 6) is -2.25. The number of carbonyl (C=O) groups excluding carboxylic acids is 3. The molecule has 0 fully saturated rings. The molecule has 1 amide bonds. The van der Waals surface area contributed by atoms with Crippen LogP contribution in [-0.4, -0.2) is 37.2 Å². The molecule has 9 heteroatoms. The van der Waals surface area contributed by atoms with Crippen molar-refractivity contribution in [2.75, 3.05) is 19.5 Å². The Morgan fingerprint density at radius 1 is 0.778 bits per heavy atom. The third-order valence-corrected chi connectivity index (χ3v) is 5.30. The molecule has 0 aliphatic carbocycles. The topological polar surface area (TPSA) is 127 Å². The number of carbonyl (C=O) groups is 3. The first-order valence-corrected chi connectivity index (χ1v) is 10.8. The van der Waals surface area contributed by atoms with Gasteiger partial charge in [-0.2, -0.15) is 5.11 Å². The lowest BCUT2D eigenvalue weighted by molar-refractivity contribution is 0.0599. The first kappa shape index (κ1) is 24.1. The third-order valence-electron chi connectivity index (χ3n) is 5.30. The zero-order valence-corrected chi connectivity index (χ0v) is 19.4. The van der Waals surface area contributed by atoms with Gasteiger partial charge in [-0.05, 0) is 41.8 Å². The molecule has 0 atom stereocenters. The second-order valence-corrected chi connectivity index (χ2v) is 7.61. The van der Waals surface area contributed by atoms with Gasteiger partial charge in [0.2, 0.25) is 0 Å². The molecule has 0 aliphatic rings. The SMILES string of the molecule is COC(=O)c1cc(N=Nc2c(O)c(C(=O)Nc3ccccc3)cc3ccccc23)cc(C(=O)OC)c1. The largest absolute Gasteiger partial charge is 0.505 e. The number of nitrogens with zero attached hydrogens (tertiary/aromatic N) is 2. The number of benzene rings is 4. The molecule has 0 heterocycles. The number of hydrogen-bond donors (Lipinski definition) is 2. The fraction of sp³-hybridized carbons (Fsp3) is 0.0741. The summed E-state index contributed by atoms with van der Waals surface area (Å²) in [6, 6.07) is 21.5. The minimum Gasteiger partial charge on any atom is -0.505 e. The van der Waals surface area contributed by atoms with E-state index < -0.39 is 17.8 Å². The number of methoxy groups -OCH3 is 2. The highest BCUT2D eigenvalue weighted by atomic mass is 16.5. The molecule has 0 unspecified atom stereocenters. The fourth-order valence-electron chi connectivity index (χ4n) is 3.56. The van der Waals surface area contributed by atoms with E-state index in [1.165, 1.54) is 32.4 Å². The Morgan fingerprint density at radius 3 is 2.03 bits per heavy atom. The van der Waals surface area contributed by atoms with Crippen LogP contribution in [0.3, 0.4) is 0 Å². The zero-order chi connectivity index (χ0) is 25.7. The van der Waals surface area contributed by atoms with Crippen LogP contribution >= 0.6 is 0 Å². The number of anilines is 1. The van der Waals surface area contributed by atoms with Gasteiger partial charge in [-0.3, -0.25) is 4.79 Å². The first-order valence-electron chi connectivity index (χ1n) is 10.8. The molecule has 0 bridgehead atoms. The monoisotopic (exact) mass is 483 g/mol. The van der Waals surface area contributed by atoms with Crippen molar-refractivity contribution >= 4 is 45.7 Å². The quantitative estimate of drug-likeness (QED) is 0.264. The van der Waals surface area contributed by atoms with E-state index in [2.05, 4.69) is 15.5 Å². The Balaban J connectivity index is 1.80. The molecule has 0 aliphatic heterocycles. The average molecular weight is 483 g/mol. The number of para-hydroxylation sites is 1.